The second-order valence-electron chi connectivity index (χ2n) is 6.78. The predicted octanol–water partition coefficient (Wildman–Crippen LogP) is 5.84. The number of oxazole rings is 1. The Balaban J connectivity index is 1.63. The highest BCUT2D eigenvalue weighted by Crippen LogP contribution is 2.32. The Morgan fingerprint density at radius 3 is 2.13 bits per heavy atom. The van der Waals surface area contributed by atoms with Gasteiger partial charge in [0.1, 0.15) is 0 Å². The molecule has 0 aliphatic heterocycles. The van der Waals surface area contributed by atoms with E-state index in [1.807, 2.05) is 54.6 Å². The van der Waals surface area contributed by atoms with Crippen LogP contribution in [0.15, 0.2) is 88.3 Å². The lowest BCUT2D eigenvalue weighted by Gasteiger charge is -2.07. The van der Waals surface area contributed by atoms with Gasteiger partial charge < -0.3 is 4.42 Å². The van der Waals surface area contributed by atoms with Gasteiger partial charge in [-0.1, -0.05) is 77.8 Å². The van der Waals surface area contributed by atoms with Crippen molar-refractivity contribution >= 4 is 33.2 Å². The van der Waals surface area contributed by atoms with Crippen molar-refractivity contribution < 1.29 is 12.8 Å². The van der Waals surface area contributed by atoms with Crippen molar-refractivity contribution in [2.24, 2.45) is 0 Å². The van der Waals surface area contributed by atoms with Gasteiger partial charge in [-0.25, -0.2) is 13.1 Å². The van der Waals surface area contributed by atoms with Crippen molar-refractivity contribution in [3.8, 4) is 22.8 Å². The number of benzene rings is 3. The zero-order valence-corrected chi connectivity index (χ0v) is 18.6. The molecule has 1 heterocycles. The predicted molar refractivity (Wildman–Crippen MR) is 123 cm³/mol. The number of rotatable bonds is 7. The van der Waals surface area contributed by atoms with Crippen molar-refractivity contribution in [1.29, 1.82) is 0 Å². The SMILES string of the molecule is O=S(=O)(NCCc1ccc(Cl)c(Cl)c1)c1nc(-c2ccccc2)oc1-c1ccccc1. The molecule has 0 aliphatic rings. The topological polar surface area (TPSA) is 72.2 Å². The molecule has 0 saturated heterocycles. The summed E-state index contributed by atoms with van der Waals surface area (Å²) in [7, 11) is -3.93. The number of halogens is 2. The molecule has 3 aromatic carbocycles. The molecule has 4 aromatic rings. The van der Waals surface area contributed by atoms with Crippen LogP contribution in [0.3, 0.4) is 0 Å². The van der Waals surface area contributed by atoms with Gasteiger partial charge in [0.15, 0.2) is 5.76 Å². The molecule has 1 aromatic heterocycles. The third kappa shape index (κ3) is 4.99. The van der Waals surface area contributed by atoms with E-state index in [4.69, 9.17) is 27.6 Å². The van der Waals surface area contributed by atoms with Gasteiger partial charge in [0.05, 0.1) is 10.0 Å². The second-order valence-corrected chi connectivity index (χ2v) is 9.28. The van der Waals surface area contributed by atoms with Crippen molar-refractivity contribution in [1.82, 2.24) is 9.71 Å². The lowest BCUT2D eigenvalue weighted by Crippen LogP contribution is -2.26. The molecule has 0 fully saturated rings. The Morgan fingerprint density at radius 1 is 0.839 bits per heavy atom. The maximum atomic E-state index is 13.1. The second kappa shape index (κ2) is 9.24. The van der Waals surface area contributed by atoms with E-state index in [0.29, 0.717) is 27.6 Å². The van der Waals surface area contributed by atoms with Crippen molar-refractivity contribution in [2.45, 2.75) is 11.4 Å². The van der Waals surface area contributed by atoms with Crippen molar-refractivity contribution in [2.75, 3.05) is 6.54 Å². The van der Waals surface area contributed by atoms with Gasteiger partial charge in [-0.2, -0.15) is 4.98 Å². The first-order chi connectivity index (χ1) is 14.9. The Hall–Kier alpha value is -2.64. The molecule has 0 saturated carbocycles. The van der Waals surface area contributed by atoms with E-state index < -0.39 is 10.0 Å². The Morgan fingerprint density at radius 2 is 1.48 bits per heavy atom. The third-order valence-corrected chi connectivity index (χ3v) is 6.71. The standard InChI is InChI=1S/C23H18Cl2N2O3S/c24-19-12-11-16(15-20(19)25)13-14-26-31(28,29)23-21(17-7-3-1-4-8-17)30-22(27-23)18-9-5-2-6-10-18/h1-12,15,26H,13-14H2. The van der Waals surface area contributed by atoms with E-state index in [1.54, 1.807) is 24.3 Å². The summed E-state index contributed by atoms with van der Waals surface area (Å²) in [6.45, 7) is 0.169. The van der Waals surface area contributed by atoms with Crippen LogP contribution < -0.4 is 4.72 Å². The lowest BCUT2D eigenvalue weighted by atomic mass is 10.1. The average molecular weight is 473 g/mol. The summed E-state index contributed by atoms with van der Waals surface area (Å²) in [5.41, 5.74) is 2.18. The molecular weight excluding hydrogens is 455 g/mol. The number of sulfonamides is 1. The summed E-state index contributed by atoms with van der Waals surface area (Å²) >= 11 is 12.0. The highest BCUT2D eigenvalue weighted by Gasteiger charge is 2.27. The zero-order chi connectivity index (χ0) is 21.8. The minimum atomic E-state index is -3.93. The van der Waals surface area contributed by atoms with Crippen LogP contribution in [0.4, 0.5) is 0 Å². The van der Waals surface area contributed by atoms with Gasteiger partial charge in [0, 0.05) is 17.7 Å². The monoisotopic (exact) mass is 472 g/mol. The molecular formula is C23H18Cl2N2O3S. The molecule has 0 bridgehead atoms. The highest BCUT2D eigenvalue weighted by atomic mass is 35.5. The van der Waals surface area contributed by atoms with E-state index >= 15 is 0 Å². The number of hydrogen-bond donors (Lipinski definition) is 1. The molecule has 0 amide bonds. The van der Waals surface area contributed by atoms with E-state index in [1.165, 1.54) is 0 Å². The van der Waals surface area contributed by atoms with Gasteiger partial charge in [-0.15, -0.1) is 0 Å². The van der Waals surface area contributed by atoms with E-state index in [0.717, 1.165) is 5.56 Å². The third-order valence-electron chi connectivity index (χ3n) is 4.60. The summed E-state index contributed by atoms with van der Waals surface area (Å²) in [6, 6.07) is 23.4. The summed E-state index contributed by atoms with van der Waals surface area (Å²) in [4.78, 5) is 4.32. The van der Waals surface area contributed by atoms with Crippen LogP contribution >= 0.6 is 23.2 Å². The van der Waals surface area contributed by atoms with Crippen LogP contribution in [0, 0.1) is 0 Å². The normalized spacial score (nSPS) is 11.5. The molecule has 1 N–H and O–H groups in total. The van der Waals surface area contributed by atoms with Gasteiger partial charge in [0.25, 0.3) is 10.0 Å². The minimum Gasteiger partial charge on any atom is -0.435 e. The van der Waals surface area contributed by atoms with Crippen LogP contribution in [0.25, 0.3) is 22.8 Å². The van der Waals surface area contributed by atoms with Crippen molar-refractivity contribution in [3.63, 3.8) is 0 Å². The van der Waals surface area contributed by atoms with Crippen LogP contribution in [-0.4, -0.2) is 19.9 Å². The first-order valence-corrected chi connectivity index (χ1v) is 11.7. The van der Waals surface area contributed by atoms with Gasteiger partial charge in [-0.05, 0) is 36.2 Å². The van der Waals surface area contributed by atoms with Gasteiger partial charge >= 0.3 is 0 Å². The molecule has 4 rings (SSSR count). The lowest BCUT2D eigenvalue weighted by molar-refractivity contribution is 0.571. The quantitative estimate of drug-likeness (QED) is 0.366. The van der Waals surface area contributed by atoms with Gasteiger partial charge in [0.2, 0.25) is 10.9 Å². The van der Waals surface area contributed by atoms with Crippen LogP contribution in [0.2, 0.25) is 10.0 Å². The average Bonchev–Trinajstić information content (AvgIpc) is 3.24. The fourth-order valence-corrected chi connectivity index (χ4v) is 4.49. The molecule has 0 radical (unpaired) electrons. The first-order valence-electron chi connectivity index (χ1n) is 9.49. The summed E-state index contributed by atoms with van der Waals surface area (Å²) in [5.74, 6) is 0.436. The summed E-state index contributed by atoms with van der Waals surface area (Å²) in [5, 5.41) is 0.735. The largest absolute Gasteiger partial charge is 0.435 e. The summed E-state index contributed by atoms with van der Waals surface area (Å²) < 4.78 is 34.7. The molecule has 0 spiro atoms. The fraction of sp³-hybridized carbons (Fsp3) is 0.0870. The molecule has 0 unspecified atom stereocenters. The molecule has 0 aliphatic carbocycles. The smallest absolute Gasteiger partial charge is 0.262 e. The summed E-state index contributed by atoms with van der Waals surface area (Å²) in [6.07, 6.45) is 0.445. The van der Waals surface area contributed by atoms with Crippen LogP contribution in [0.1, 0.15) is 5.56 Å². The number of nitrogens with one attached hydrogen (secondary N) is 1. The maximum Gasteiger partial charge on any atom is 0.262 e. The zero-order valence-electron chi connectivity index (χ0n) is 16.3. The van der Waals surface area contributed by atoms with E-state index in [9.17, 15) is 8.42 Å². The Kier molecular flexibility index (Phi) is 6.43. The van der Waals surface area contributed by atoms with Gasteiger partial charge in [-0.3, -0.25) is 0 Å². The number of nitrogens with zero attached hydrogens (tertiary/aromatic N) is 1. The van der Waals surface area contributed by atoms with Crippen molar-refractivity contribution in [3.05, 3.63) is 94.5 Å². The van der Waals surface area contributed by atoms with Crippen LogP contribution in [-0.2, 0) is 16.4 Å². The highest BCUT2D eigenvalue weighted by molar-refractivity contribution is 7.89. The molecule has 8 heteroatoms. The number of aromatic nitrogens is 1. The maximum absolute atomic E-state index is 13.1. The first kappa shape index (κ1) is 21.6. The molecule has 158 valence electrons. The molecule has 31 heavy (non-hydrogen) atoms. The molecule has 0 atom stereocenters. The Bertz CT molecular complexity index is 1290. The fourth-order valence-electron chi connectivity index (χ4n) is 3.06. The molecule has 5 nitrogen and oxygen atoms in total. The van der Waals surface area contributed by atoms with E-state index in [-0.39, 0.29) is 23.2 Å². The van der Waals surface area contributed by atoms with Crippen LogP contribution in [0.5, 0.6) is 0 Å². The minimum absolute atomic E-state index is 0.147. The Labute approximate surface area is 190 Å². The van der Waals surface area contributed by atoms with E-state index in [2.05, 4.69) is 9.71 Å². The number of hydrogen-bond acceptors (Lipinski definition) is 4.